The number of aromatic nitrogens is 1. The zero-order valence-corrected chi connectivity index (χ0v) is 17.0. The predicted octanol–water partition coefficient (Wildman–Crippen LogP) is 4.37. The fourth-order valence-corrected chi connectivity index (χ4v) is 4.34. The Hall–Kier alpha value is -3.32. The van der Waals surface area contributed by atoms with Gasteiger partial charge in [0, 0.05) is 23.0 Å². The number of hydrogen-bond acceptors (Lipinski definition) is 3. The van der Waals surface area contributed by atoms with Crippen LogP contribution in [0.5, 0.6) is 0 Å². The van der Waals surface area contributed by atoms with Gasteiger partial charge in [-0.3, -0.25) is 14.6 Å². The van der Waals surface area contributed by atoms with Gasteiger partial charge in [0.1, 0.15) is 17.7 Å². The minimum absolute atomic E-state index is 0.165. The molecule has 1 aliphatic rings. The lowest BCUT2D eigenvalue weighted by molar-refractivity contribution is -0.123. The molecule has 0 aliphatic heterocycles. The van der Waals surface area contributed by atoms with Crippen molar-refractivity contribution in [2.45, 2.75) is 24.9 Å². The van der Waals surface area contributed by atoms with E-state index >= 15 is 0 Å². The molecular weight excluding hydrogens is 424 g/mol. The lowest BCUT2D eigenvalue weighted by Gasteiger charge is -2.35. The summed E-state index contributed by atoms with van der Waals surface area (Å²) in [6.07, 6.45) is 3.61. The number of pyridine rings is 1. The number of hydrogen-bond donors (Lipinski definition) is 1. The molecule has 0 bridgehead atoms. The first-order valence-electron chi connectivity index (χ1n) is 9.62. The standard InChI is InChI=1S/C23H18ClF2N3O2/c24-14-10-17-15(19(26)11-14)7-8-20(17)29(23(31)16-5-1-2-6-18(16)25)21(22(27)30)13-4-3-9-28-12-13/h1-6,9-12,20-21H,7-8H2,(H2,27,30)/t20-,21-/m1/s1. The van der Waals surface area contributed by atoms with Gasteiger partial charge in [-0.1, -0.05) is 29.8 Å². The zero-order valence-electron chi connectivity index (χ0n) is 16.3. The largest absolute Gasteiger partial charge is 0.368 e. The molecule has 3 aromatic rings. The van der Waals surface area contributed by atoms with Crippen LogP contribution < -0.4 is 5.73 Å². The number of halogens is 3. The molecule has 1 aromatic heterocycles. The Labute approximate surface area is 182 Å². The third-order valence-corrected chi connectivity index (χ3v) is 5.66. The Morgan fingerprint density at radius 2 is 1.90 bits per heavy atom. The van der Waals surface area contributed by atoms with Crippen molar-refractivity contribution < 1.29 is 18.4 Å². The summed E-state index contributed by atoms with van der Waals surface area (Å²) < 4.78 is 29.0. The van der Waals surface area contributed by atoms with E-state index in [1.807, 2.05) is 0 Å². The van der Waals surface area contributed by atoms with Crippen LogP contribution in [0, 0.1) is 11.6 Å². The Morgan fingerprint density at radius 3 is 2.58 bits per heavy atom. The molecule has 0 radical (unpaired) electrons. The van der Waals surface area contributed by atoms with E-state index in [0.29, 0.717) is 29.5 Å². The topological polar surface area (TPSA) is 76.3 Å². The van der Waals surface area contributed by atoms with Crippen LogP contribution in [0.3, 0.4) is 0 Å². The second-order valence-electron chi connectivity index (χ2n) is 7.29. The molecule has 31 heavy (non-hydrogen) atoms. The van der Waals surface area contributed by atoms with Crippen LogP contribution in [-0.2, 0) is 11.2 Å². The van der Waals surface area contributed by atoms with Crippen LogP contribution >= 0.6 is 11.6 Å². The highest BCUT2D eigenvalue weighted by Crippen LogP contribution is 2.43. The van der Waals surface area contributed by atoms with E-state index in [0.717, 1.165) is 6.07 Å². The normalized spacial score (nSPS) is 15.9. The average molecular weight is 442 g/mol. The van der Waals surface area contributed by atoms with E-state index in [1.54, 1.807) is 18.2 Å². The molecule has 0 saturated heterocycles. The third kappa shape index (κ3) is 3.88. The molecule has 1 aliphatic carbocycles. The molecular formula is C23H18ClF2N3O2. The number of carbonyl (C=O) groups is 2. The van der Waals surface area contributed by atoms with Crippen LogP contribution in [0.1, 0.15) is 45.6 Å². The van der Waals surface area contributed by atoms with Gasteiger partial charge >= 0.3 is 0 Å². The average Bonchev–Trinajstić information content (AvgIpc) is 3.16. The first-order chi connectivity index (χ1) is 14.9. The summed E-state index contributed by atoms with van der Waals surface area (Å²) in [6, 6.07) is 9.51. The van der Waals surface area contributed by atoms with Gasteiger partial charge in [0.25, 0.3) is 5.91 Å². The molecule has 0 saturated carbocycles. The fraction of sp³-hybridized carbons (Fsp3) is 0.174. The molecule has 2 atom stereocenters. The Morgan fingerprint density at radius 1 is 1.13 bits per heavy atom. The van der Waals surface area contributed by atoms with Gasteiger partial charge < -0.3 is 10.6 Å². The van der Waals surface area contributed by atoms with Crippen molar-refractivity contribution in [1.82, 2.24) is 9.88 Å². The number of carbonyl (C=O) groups excluding carboxylic acids is 2. The number of benzene rings is 2. The lowest BCUT2D eigenvalue weighted by atomic mass is 9.98. The van der Waals surface area contributed by atoms with Crippen molar-refractivity contribution in [3.63, 3.8) is 0 Å². The van der Waals surface area contributed by atoms with Crippen molar-refractivity contribution in [2.75, 3.05) is 0 Å². The second kappa shape index (κ2) is 8.43. The third-order valence-electron chi connectivity index (χ3n) is 5.44. The highest BCUT2D eigenvalue weighted by Gasteiger charge is 2.41. The lowest BCUT2D eigenvalue weighted by Crippen LogP contribution is -2.43. The van der Waals surface area contributed by atoms with E-state index in [2.05, 4.69) is 4.98 Å². The molecule has 0 fully saturated rings. The first kappa shape index (κ1) is 20.9. The maximum Gasteiger partial charge on any atom is 0.258 e. The van der Waals surface area contributed by atoms with Gasteiger partial charge in [-0.2, -0.15) is 0 Å². The van der Waals surface area contributed by atoms with E-state index in [-0.39, 0.29) is 10.6 Å². The molecule has 8 heteroatoms. The van der Waals surface area contributed by atoms with Crippen LogP contribution in [0.4, 0.5) is 8.78 Å². The van der Waals surface area contributed by atoms with Crippen LogP contribution in [0.2, 0.25) is 5.02 Å². The molecule has 1 heterocycles. The van der Waals surface area contributed by atoms with E-state index in [4.69, 9.17) is 17.3 Å². The SMILES string of the molecule is NC(=O)[C@@H](c1cccnc1)N(C(=O)c1ccccc1F)[C@@H]1CCc2c(F)cc(Cl)cc21. The van der Waals surface area contributed by atoms with E-state index < -0.39 is 35.5 Å². The quantitative estimate of drug-likeness (QED) is 0.638. The van der Waals surface area contributed by atoms with Gasteiger partial charge in [0.2, 0.25) is 5.91 Å². The molecule has 2 amide bonds. The molecule has 5 nitrogen and oxygen atoms in total. The summed E-state index contributed by atoms with van der Waals surface area (Å²) >= 11 is 6.07. The number of primary amides is 1. The number of nitrogens with zero attached hydrogens (tertiary/aromatic N) is 2. The van der Waals surface area contributed by atoms with Crippen molar-refractivity contribution in [3.8, 4) is 0 Å². The number of amides is 2. The van der Waals surface area contributed by atoms with Crippen LogP contribution in [0.25, 0.3) is 0 Å². The molecule has 158 valence electrons. The molecule has 2 N–H and O–H groups in total. The van der Waals surface area contributed by atoms with E-state index in [9.17, 15) is 18.4 Å². The maximum absolute atomic E-state index is 14.5. The van der Waals surface area contributed by atoms with Gasteiger partial charge in [-0.05, 0) is 54.3 Å². The minimum atomic E-state index is -1.24. The fourth-order valence-electron chi connectivity index (χ4n) is 4.12. The predicted molar refractivity (Wildman–Crippen MR) is 111 cm³/mol. The second-order valence-corrected chi connectivity index (χ2v) is 7.73. The number of fused-ring (bicyclic) bond motifs is 1. The van der Waals surface area contributed by atoms with Gasteiger partial charge in [0.15, 0.2) is 0 Å². The maximum atomic E-state index is 14.5. The van der Waals surface area contributed by atoms with Gasteiger partial charge in [-0.15, -0.1) is 0 Å². The molecule has 4 rings (SSSR count). The summed E-state index contributed by atoms with van der Waals surface area (Å²) in [5.41, 5.74) is 6.76. The summed E-state index contributed by atoms with van der Waals surface area (Å²) in [5, 5.41) is 0.165. The first-order valence-corrected chi connectivity index (χ1v) is 10.0. The molecule has 0 unspecified atom stereocenters. The monoisotopic (exact) mass is 441 g/mol. The molecule has 2 aromatic carbocycles. The van der Waals surface area contributed by atoms with Gasteiger partial charge in [-0.25, -0.2) is 8.78 Å². The number of nitrogens with two attached hydrogens (primary N) is 1. The summed E-state index contributed by atoms with van der Waals surface area (Å²) in [7, 11) is 0. The highest BCUT2D eigenvalue weighted by molar-refractivity contribution is 6.30. The van der Waals surface area contributed by atoms with Crippen LogP contribution in [-0.4, -0.2) is 21.7 Å². The van der Waals surface area contributed by atoms with Crippen molar-refractivity contribution in [1.29, 1.82) is 0 Å². The Balaban J connectivity index is 1.90. The number of rotatable bonds is 5. The molecule has 0 spiro atoms. The highest BCUT2D eigenvalue weighted by atomic mass is 35.5. The smallest absolute Gasteiger partial charge is 0.258 e. The zero-order chi connectivity index (χ0) is 22.1. The van der Waals surface area contributed by atoms with Crippen LogP contribution in [0.15, 0.2) is 60.9 Å². The van der Waals surface area contributed by atoms with Crippen molar-refractivity contribution in [3.05, 3.63) is 99.8 Å². The summed E-state index contributed by atoms with van der Waals surface area (Å²) in [4.78, 5) is 31.4. The minimum Gasteiger partial charge on any atom is -0.368 e. The van der Waals surface area contributed by atoms with Crippen molar-refractivity contribution in [2.24, 2.45) is 5.73 Å². The summed E-state index contributed by atoms with van der Waals surface area (Å²) in [6.45, 7) is 0. The summed E-state index contributed by atoms with van der Waals surface area (Å²) in [5.74, 6) is -2.76. The Bertz CT molecular complexity index is 1160. The van der Waals surface area contributed by atoms with Crippen molar-refractivity contribution >= 4 is 23.4 Å². The van der Waals surface area contributed by atoms with E-state index in [1.165, 1.54) is 41.6 Å². The van der Waals surface area contributed by atoms with Gasteiger partial charge in [0.05, 0.1) is 11.6 Å². The Kier molecular flexibility index (Phi) is 5.69.